The van der Waals surface area contributed by atoms with Crippen LogP contribution in [0.25, 0.3) is 0 Å². The fraction of sp³-hybridized carbons (Fsp3) is 0.133. The number of hydrogen-bond donors (Lipinski definition) is 1. The van der Waals surface area contributed by atoms with Gasteiger partial charge in [-0.1, -0.05) is 28.1 Å². The molecule has 0 amide bonds. The number of nitriles is 1. The third-order valence-corrected chi connectivity index (χ3v) is 3.06. The van der Waals surface area contributed by atoms with Gasteiger partial charge in [-0.3, -0.25) is 0 Å². The second kappa shape index (κ2) is 6.37. The maximum absolute atomic E-state index is 9.18. The van der Waals surface area contributed by atoms with Crippen LogP contribution in [0, 0.1) is 11.3 Å². The lowest BCUT2D eigenvalue weighted by molar-refractivity contribution is 0.480. The van der Waals surface area contributed by atoms with Crippen LogP contribution in [0.4, 0.5) is 0 Å². The van der Waals surface area contributed by atoms with Gasteiger partial charge in [-0.05, 0) is 42.9 Å². The Balaban J connectivity index is 2.28. The van der Waals surface area contributed by atoms with Crippen LogP contribution in [-0.2, 0) is 6.54 Å². The fourth-order valence-corrected chi connectivity index (χ4v) is 2.10. The van der Waals surface area contributed by atoms with Crippen LogP contribution in [0.5, 0.6) is 11.5 Å². The van der Waals surface area contributed by atoms with Gasteiger partial charge in [0.1, 0.15) is 17.6 Å². The molecule has 0 fully saturated rings. The summed E-state index contributed by atoms with van der Waals surface area (Å²) in [7, 11) is 1.87. The zero-order chi connectivity index (χ0) is 13.7. The van der Waals surface area contributed by atoms with E-state index in [1.165, 1.54) is 0 Å². The van der Waals surface area contributed by atoms with E-state index in [0.29, 0.717) is 17.1 Å². The fourth-order valence-electron chi connectivity index (χ4n) is 1.73. The molecule has 0 radical (unpaired) electrons. The summed E-state index contributed by atoms with van der Waals surface area (Å²) >= 11 is 3.39. The van der Waals surface area contributed by atoms with Crippen molar-refractivity contribution in [2.24, 2.45) is 0 Å². The quantitative estimate of drug-likeness (QED) is 0.932. The molecule has 0 spiro atoms. The molecule has 0 aliphatic rings. The van der Waals surface area contributed by atoms with E-state index in [1.807, 2.05) is 49.5 Å². The van der Waals surface area contributed by atoms with Crippen LogP contribution in [0.3, 0.4) is 0 Å². The highest BCUT2D eigenvalue weighted by molar-refractivity contribution is 9.10. The normalized spacial score (nSPS) is 9.95. The molecule has 0 unspecified atom stereocenters. The first-order chi connectivity index (χ1) is 9.22. The van der Waals surface area contributed by atoms with Crippen molar-refractivity contribution in [3.63, 3.8) is 0 Å². The van der Waals surface area contributed by atoms with Gasteiger partial charge in [-0.2, -0.15) is 5.26 Å². The average molecular weight is 317 g/mol. The summed E-state index contributed by atoms with van der Waals surface area (Å²) in [6.07, 6.45) is 0. The van der Waals surface area contributed by atoms with Crippen molar-refractivity contribution >= 4 is 15.9 Å². The highest BCUT2D eigenvalue weighted by Gasteiger charge is 2.06. The number of hydrogen-bond acceptors (Lipinski definition) is 3. The van der Waals surface area contributed by atoms with E-state index in [9.17, 15) is 5.26 Å². The maximum Gasteiger partial charge on any atom is 0.145 e. The number of halogens is 1. The minimum Gasteiger partial charge on any atom is -0.456 e. The van der Waals surface area contributed by atoms with E-state index in [1.54, 1.807) is 0 Å². The second-order valence-electron chi connectivity index (χ2n) is 4.03. The molecule has 0 atom stereocenters. The maximum atomic E-state index is 9.18. The van der Waals surface area contributed by atoms with E-state index in [2.05, 4.69) is 27.3 Å². The minimum absolute atomic E-state index is 0.535. The first-order valence-corrected chi connectivity index (χ1v) is 6.63. The molecule has 3 nitrogen and oxygen atoms in total. The molecular formula is C15H13BrN2O. The van der Waals surface area contributed by atoms with Crippen LogP contribution in [0.2, 0.25) is 0 Å². The number of nitrogens with one attached hydrogen (secondary N) is 1. The molecule has 0 aromatic heterocycles. The lowest BCUT2D eigenvalue weighted by Crippen LogP contribution is -2.05. The van der Waals surface area contributed by atoms with Crippen LogP contribution in [0.15, 0.2) is 46.9 Å². The second-order valence-corrected chi connectivity index (χ2v) is 4.95. The summed E-state index contributed by atoms with van der Waals surface area (Å²) in [5.41, 5.74) is 1.59. The topological polar surface area (TPSA) is 45.0 Å². The predicted octanol–water partition coefficient (Wildman–Crippen LogP) is 3.83. The van der Waals surface area contributed by atoms with Gasteiger partial charge in [0.15, 0.2) is 0 Å². The monoisotopic (exact) mass is 316 g/mol. The van der Waals surface area contributed by atoms with Crippen molar-refractivity contribution in [2.45, 2.75) is 6.54 Å². The zero-order valence-corrected chi connectivity index (χ0v) is 12.1. The molecule has 2 aromatic carbocycles. The Labute approximate surface area is 121 Å². The van der Waals surface area contributed by atoms with Gasteiger partial charge in [-0.25, -0.2) is 0 Å². The lowest BCUT2D eigenvalue weighted by atomic mass is 10.1. The largest absolute Gasteiger partial charge is 0.456 e. The highest BCUT2D eigenvalue weighted by atomic mass is 79.9. The lowest BCUT2D eigenvalue weighted by Gasteiger charge is -2.09. The molecule has 2 rings (SSSR count). The Morgan fingerprint density at radius 3 is 2.79 bits per heavy atom. The summed E-state index contributed by atoms with van der Waals surface area (Å²) in [4.78, 5) is 0. The number of rotatable bonds is 4. The van der Waals surface area contributed by atoms with Gasteiger partial charge in [0.25, 0.3) is 0 Å². The molecule has 1 N–H and O–H groups in total. The Bertz CT molecular complexity index is 620. The number of benzene rings is 2. The Morgan fingerprint density at radius 2 is 2.11 bits per heavy atom. The Hall–Kier alpha value is -1.83. The summed E-state index contributed by atoms with van der Waals surface area (Å²) in [6.45, 7) is 0.728. The molecule has 96 valence electrons. The van der Waals surface area contributed by atoms with Gasteiger partial charge in [0.2, 0.25) is 0 Å². The van der Waals surface area contributed by atoms with Crippen molar-refractivity contribution in [3.05, 3.63) is 58.1 Å². The van der Waals surface area contributed by atoms with Crippen molar-refractivity contribution in [1.29, 1.82) is 5.26 Å². The molecule has 0 heterocycles. The standard InChI is InChI=1S/C15H13BrN2O/c1-18-10-11-5-6-15(12(7-11)9-17)19-14-4-2-3-13(16)8-14/h2-8,18H,10H2,1H3. The minimum atomic E-state index is 0.535. The van der Waals surface area contributed by atoms with E-state index < -0.39 is 0 Å². The van der Waals surface area contributed by atoms with Gasteiger partial charge >= 0.3 is 0 Å². The van der Waals surface area contributed by atoms with Crippen molar-refractivity contribution in [2.75, 3.05) is 7.05 Å². The van der Waals surface area contributed by atoms with E-state index in [0.717, 1.165) is 16.6 Å². The first-order valence-electron chi connectivity index (χ1n) is 5.84. The number of ether oxygens (including phenoxy) is 1. The van der Waals surface area contributed by atoms with Crippen LogP contribution >= 0.6 is 15.9 Å². The summed E-state index contributed by atoms with van der Waals surface area (Å²) in [5, 5.41) is 12.2. The van der Waals surface area contributed by atoms with Crippen molar-refractivity contribution in [1.82, 2.24) is 5.32 Å². The first kappa shape index (κ1) is 13.6. The molecule has 2 aromatic rings. The molecule has 19 heavy (non-hydrogen) atoms. The summed E-state index contributed by atoms with van der Waals surface area (Å²) in [5.74, 6) is 1.27. The Morgan fingerprint density at radius 1 is 1.26 bits per heavy atom. The molecule has 4 heteroatoms. The molecule has 0 saturated carbocycles. The van der Waals surface area contributed by atoms with Crippen molar-refractivity contribution in [3.8, 4) is 17.6 Å². The third kappa shape index (κ3) is 3.57. The van der Waals surface area contributed by atoms with Gasteiger partial charge in [0, 0.05) is 11.0 Å². The van der Waals surface area contributed by atoms with Crippen LogP contribution < -0.4 is 10.1 Å². The van der Waals surface area contributed by atoms with Gasteiger partial charge < -0.3 is 10.1 Å². The van der Waals surface area contributed by atoms with Crippen molar-refractivity contribution < 1.29 is 4.74 Å². The summed E-state index contributed by atoms with van der Waals surface area (Å²) < 4.78 is 6.68. The molecule has 0 saturated heterocycles. The summed E-state index contributed by atoms with van der Waals surface area (Å²) in [6, 6.07) is 15.3. The zero-order valence-electron chi connectivity index (χ0n) is 10.5. The number of nitrogens with zero attached hydrogens (tertiary/aromatic N) is 1. The SMILES string of the molecule is CNCc1ccc(Oc2cccc(Br)c2)c(C#N)c1. The van der Waals surface area contributed by atoms with Gasteiger partial charge in [0.05, 0.1) is 5.56 Å². The van der Waals surface area contributed by atoms with E-state index in [4.69, 9.17) is 4.74 Å². The average Bonchev–Trinajstić information content (AvgIpc) is 2.41. The highest BCUT2D eigenvalue weighted by Crippen LogP contribution is 2.27. The van der Waals surface area contributed by atoms with E-state index in [-0.39, 0.29) is 0 Å². The molecular weight excluding hydrogens is 304 g/mol. The molecule has 0 aliphatic heterocycles. The van der Waals surface area contributed by atoms with Crippen LogP contribution in [0.1, 0.15) is 11.1 Å². The Kier molecular flexibility index (Phi) is 4.56. The third-order valence-electron chi connectivity index (χ3n) is 2.57. The molecule has 0 aliphatic carbocycles. The smallest absolute Gasteiger partial charge is 0.145 e. The van der Waals surface area contributed by atoms with Gasteiger partial charge in [-0.15, -0.1) is 0 Å². The predicted molar refractivity (Wildman–Crippen MR) is 78.1 cm³/mol. The van der Waals surface area contributed by atoms with E-state index >= 15 is 0 Å². The molecule has 0 bridgehead atoms. The van der Waals surface area contributed by atoms with Crippen LogP contribution in [-0.4, -0.2) is 7.05 Å².